The molecule has 0 aromatic heterocycles. The van der Waals surface area contributed by atoms with Crippen LogP contribution in [0.1, 0.15) is 74.7 Å². The molecule has 0 aliphatic carbocycles. The molecular formula is C18H28O2. The average molecular weight is 276 g/mol. The smallest absolute Gasteiger partial charge is 0.338 e. The zero-order valence-corrected chi connectivity index (χ0v) is 13.0. The number of hydrogen-bond acceptors (Lipinski definition) is 2. The molecule has 2 heteroatoms. The van der Waals surface area contributed by atoms with Gasteiger partial charge in [-0.05, 0) is 24.5 Å². The highest BCUT2D eigenvalue weighted by atomic mass is 16.5. The Labute approximate surface area is 123 Å². The zero-order chi connectivity index (χ0) is 14.6. The van der Waals surface area contributed by atoms with E-state index in [2.05, 4.69) is 13.8 Å². The summed E-state index contributed by atoms with van der Waals surface area (Å²) >= 11 is 0. The predicted octanol–water partition coefficient (Wildman–Crippen LogP) is 5.16. The van der Waals surface area contributed by atoms with Crippen molar-refractivity contribution < 1.29 is 9.53 Å². The van der Waals surface area contributed by atoms with Gasteiger partial charge in [-0.2, -0.15) is 0 Å². The van der Waals surface area contributed by atoms with Crippen LogP contribution in [-0.2, 0) is 11.2 Å². The molecule has 0 bridgehead atoms. The number of unbranched alkanes of at least 4 members (excludes halogenated alkanes) is 5. The molecule has 0 spiro atoms. The van der Waals surface area contributed by atoms with Gasteiger partial charge in [-0.25, -0.2) is 4.79 Å². The van der Waals surface area contributed by atoms with Crippen LogP contribution in [0, 0.1) is 0 Å². The Hall–Kier alpha value is -1.31. The van der Waals surface area contributed by atoms with Crippen LogP contribution in [0.5, 0.6) is 0 Å². The summed E-state index contributed by atoms with van der Waals surface area (Å²) in [4.78, 5) is 12.1. The van der Waals surface area contributed by atoms with Crippen molar-refractivity contribution in [2.45, 2.75) is 65.2 Å². The summed E-state index contributed by atoms with van der Waals surface area (Å²) in [7, 11) is 0. The first-order chi connectivity index (χ1) is 9.79. The van der Waals surface area contributed by atoms with Gasteiger partial charge < -0.3 is 4.74 Å². The van der Waals surface area contributed by atoms with Crippen LogP contribution in [0.2, 0.25) is 0 Å². The van der Waals surface area contributed by atoms with Crippen LogP contribution in [0.25, 0.3) is 0 Å². The van der Waals surface area contributed by atoms with Gasteiger partial charge >= 0.3 is 5.97 Å². The summed E-state index contributed by atoms with van der Waals surface area (Å²) in [6.45, 7) is 4.89. The zero-order valence-electron chi connectivity index (χ0n) is 13.0. The van der Waals surface area contributed by atoms with E-state index >= 15 is 0 Å². The maximum atomic E-state index is 12.1. The van der Waals surface area contributed by atoms with Gasteiger partial charge in [0, 0.05) is 0 Å². The summed E-state index contributed by atoms with van der Waals surface area (Å²) in [5, 5.41) is 0. The van der Waals surface area contributed by atoms with Gasteiger partial charge in [-0.1, -0.05) is 70.6 Å². The Morgan fingerprint density at radius 3 is 2.40 bits per heavy atom. The van der Waals surface area contributed by atoms with Crippen molar-refractivity contribution in [3.63, 3.8) is 0 Å². The molecule has 0 amide bonds. The molecule has 112 valence electrons. The van der Waals surface area contributed by atoms with E-state index in [4.69, 9.17) is 4.74 Å². The standard InChI is InChI=1S/C18H28O2/c1-3-5-6-7-8-11-15-20-18(19)17-14-10-9-13-16(17)12-4-2/h9-10,13-14H,3-8,11-12,15H2,1-2H3. The van der Waals surface area contributed by atoms with Crippen molar-refractivity contribution in [2.75, 3.05) is 6.61 Å². The van der Waals surface area contributed by atoms with Gasteiger partial charge in [-0.3, -0.25) is 0 Å². The number of hydrogen-bond donors (Lipinski definition) is 0. The second-order valence-corrected chi connectivity index (χ2v) is 5.31. The van der Waals surface area contributed by atoms with Crippen molar-refractivity contribution in [3.05, 3.63) is 35.4 Å². The van der Waals surface area contributed by atoms with Gasteiger partial charge in [-0.15, -0.1) is 0 Å². The Morgan fingerprint density at radius 2 is 1.65 bits per heavy atom. The van der Waals surface area contributed by atoms with Crippen molar-refractivity contribution in [3.8, 4) is 0 Å². The van der Waals surface area contributed by atoms with E-state index < -0.39 is 0 Å². The minimum absolute atomic E-state index is 0.164. The van der Waals surface area contributed by atoms with Gasteiger partial charge in [0.2, 0.25) is 0 Å². The first kappa shape index (κ1) is 16.7. The van der Waals surface area contributed by atoms with E-state index in [1.165, 1.54) is 25.7 Å². The molecule has 0 radical (unpaired) electrons. The topological polar surface area (TPSA) is 26.3 Å². The number of rotatable bonds is 10. The molecule has 0 aliphatic rings. The van der Waals surface area contributed by atoms with Crippen LogP contribution in [0.3, 0.4) is 0 Å². The lowest BCUT2D eigenvalue weighted by molar-refractivity contribution is 0.0496. The number of ether oxygens (including phenoxy) is 1. The van der Waals surface area contributed by atoms with E-state index in [0.717, 1.165) is 36.8 Å². The van der Waals surface area contributed by atoms with Crippen molar-refractivity contribution in [1.82, 2.24) is 0 Å². The van der Waals surface area contributed by atoms with E-state index in [9.17, 15) is 4.79 Å². The Bertz CT molecular complexity index is 385. The molecule has 0 N–H and O–H groups in total. The molecule has 20 heavy (non-hydrogen) atoms. The number of aryl methyl sites for hydroxylation is 1. The third-order valence-corrected chi connectivity index (χ3v) is 3.49. The van der Waals surface area contributed by atoms with Crippen LogP contribution >= 0.6 is 0 Å². The first-order valence-corrected chi connectivity index (χ1v) is 8.04. The highest BCUT2D eigenvalue weighted by molar-refractivity contribution is 5.91. The lowest BCUT2D eigenvalue weighted by Gasteiger charge is -2.09. The monoisotopic (exact) mass is 276 g/mol. The van der Waals surface area contributed by atoms with Crippen molar-refractivity contribution in [1.29, 1.82) is 0 Å². The summed E-state index contributed by atoms with van der Waals surface area (Å²) < 4.78 is 5.38. The fourth-order valence-corrected chi connectivity index (χ4v) is 2.33. The molecule has 0 saturated heterocycles. The quantitative estimate of drug-likeness (QED) is 0.436. The minimum atomic E-state index is -0.164. The van der Waals surface area contributed by atoms with E-state index in [0.29, 0.717) is 6.61 Å². The normalized spacial score (nSPS) is 10.5. The fraction of sp³-hybridized carbons (Fsp3) is 0.611. The Balaban J connectivity index is 2.29. The molecule has 1 aromatic carbocycles. The highest BCUT2D eigenvalue weighted by Gasteiger charge is 2.11. The van der Waals surface area contributed by atoms with Gasteiger partial charge in [0.25, 0.3) is 0 Å². The second-order valence-electron chi connectivity index (χ2n) is 5.31. The summed E-state index contributed by atoms with van der Waals surface area (Å²) in [5.41, 5.74) is 1.84. The van der Waals surface area contributed by atoms with Gasteiger partial charge in [0.05, 0.1) is 12.2 Å². The molecule has 0 atom stereocenters. The van der Waals surface area contributed by atoms with Crippen LogP contribution in [0.4, 0.5) is 0 Å². The van der Waals surface area contributed by atoms with Gasteiger partial charge in [0.15, 0.2) is 0 Å². The fourth-order valence-electron chi connectivity index (χ4n) is 2.33. The average Bonchev–Trinajstić information content (AvgIpc) is 2.47. The molecule has 2 nitrogen and oxygen atoms in total. The van der Waals surface area contributed by atoms with Crippen LogP contribution in [0.15, 0.2) is 24.3 Å². The molecule has 0 fully saturated rings. The van der Waals surface area contributed by atoms with Crippen LogP contribution in [-0.4, -0.2) is 12.6 Å². The second kappa shape index (κ2) is 10.5. The highest BCUT2D eigenvalue weighted by Crippen LogP contribution is 2.13. The maximum Gasteiger partial charge on any atom is 0.338 e. The third kappa shape index (κ3) is 6.23. The number of esters is 1. The van der Waals surface area contributed by atoms with Crippen molar-refractivity contribution >= 4 is 5.97 Å². The van der Waals surface area contributed by atoms with Gasteiger partial charge in [0.1, 0.15) is 0 Å². The Morgan fingerprint density at radius 1 is 0.950 bits per heavy atom. The summed E-state index contributed by atoms with van der Waals surface area (Å²) in [6.07, 6.45) is 9.23. The largest absolute Gasteiger partial charge is 0.462 e. The first-order valence-electron chi connectivity index (χ1n) is 8.04. The van der Waals surface area contributed by atoms with Crippen molar-refractivity contribution in [2.24, 2.45) is 0 Å². The number of benzene rings is 1. The SMILES string of the molecule is CCCCCCCCOC(=O)c1ccccc1CCC. The molecule has 0 aliphatic heterocycles. The molecular weight excluding hydrogens is 248 g/mol. The molecule has 1 aromatic rings. The van der Waals surface area contributed by atoms with E-state index in [1.54, 1.807) is 0 Å². The van der Waals surface area contributed by atoms with E-state index in [1.807, 2.05) is 24.3 Å². The summed E-state index contributed by atoms with van der Waals surface area (Å²) in [6, 6.07) is 7.77. The predicted molar refractivity (Wildman–Crippen MR) is 84.1 cm³/mol. The molecule has 1 rings (SSSR count). The maximum absolute atomic E-state index is 12.1. The summed E-state index contributed by atoms with van der Waals surface area (Å²) in [5.74, 6) is -0.164. The minimum Gasteiger partial charge on any atom is -0.462 e. The number of carbonyl (C=O) groups is 1. The van der Waals surface area contributed by atoms with E-state index in [-0.39, 0.29) is 5.97 Å². The molecule has 0 saturated carbocycles. The molecule has 0 unspecified atom stereocenters. The third-order valence-electron chi connectivity index (χ3n) is 3.49. The van der Waals surface area contributed by atoms with Crippen LogP contribution < -0.4 is 0 Å². The lowest BCUT2D eigenvalue weighted by atomic mass is 10.0. The Kier molecular flexibility index (Phi) is 8.77. The lowest BCUT2D eigenvalue weighted by Crippen LogP contribution is -2.09. The number of carbonyl (C=O) groups excluding carboxylic acids is 1. The molecule has 0 heterocycles.